The molecule has 3 atom stereocenters. The molecular weight excluding hydrogens is 788 g/mol. The van der Waals surface area contributed by atoms with Crippen LogP contribution in [-0.2, 0) is 10.2 Å². The Hall–Kier alpha value is -2.20. The molecule has 5 rings (SSSR count). The van der Waals surface area contributed by atoms with Crippen molar-refractivity contribution in [3.63, 3.8) is 0 Å². The first-order chi connectivity index (χ1) is 27.3. The second kappa shape index (κ2) is 20.9. The van der Waals surface area contributed by atoms with Gasteiger partial charge in [0.1, 0.15) is 16.4 Å². The van der Waals surface area contributed by atoms with E-state index < -0.39 is 11.8 Å². The van der Waals surface area contributed by atoms with E-state index in [0.29, 0.717) is 43.0 Å². The van der Waals surface area contributed by atoms with Gasteiger partial charge < -0.3 is 14.2 Å². The normalized spacial score (nSPS) is 14.0. The van der Waals surface area contributed by atoms with Gasteiger partial charge in [0, 0.05) is 30.8 Å². The predicted molar refractivity (Wildman–Crippen MR) is 250 cm³/mol. The molecule has 9 heteroatoms. The quantitative estimate of drug-likeness (QED) is 0.0614. The maximum atomic E-state index is 16.5. The predicted octanol–water partition coefficient (Wildman–Crippen LogP) is 17.2. The zero-order chi connectivity index (χ0) is 41.4. The summed E-state index contributed by atoms with van der Waals surface area (Å²) in [5.74, 6) is 2.24. The fourth-order valence-electron chi connectivity index (χ4n) is 7.52. The van der Waals surface area contributed by atoms with Gasteiger partial charge in [-0.15, -0.1) is 45.3 Å². The summed E-state index contributed by atoms with van der Waals surface area (Å²) in [5, 5.41) is 2.77. The fraction of sp³-hybridized carbons (Fsp3) is 0.646. The van der Waals surface area contributed by atoms with Crippen molar-refractivity contribution in [2.45, 2.75) is 165 Å². The van der Waals surface area contributed by atoms with Crippen LogP contribution in [0.1, 0.15) is 179 Å². The number of hydrogen-bond donors (Lipinski definition) is 0. The molecular formula is C48H69FO4S4. The Morgan fingerprint density at radius 2 is 1.19 bits per heavy atom. The number of benzene rings is 1. The SMILES string of the molecule is CCCCC(CC)COC(=O)c1sc2c(-c3cc4c(OCC(CC)CCCC)c5sc(C(C)(C)C)cc5c(OCC(CC)CCCC)c4s3)sc(C(C)C)c2c1F. The first-order valence-electron chi connectivity index (χ1n) is 22.0. The molecule has 0 aliphatic carbocycles. The third-order valence-corrected chi connectivity index (χ3v) is 17.2. The van der Waals surface area contributed by atoms with Crippen LogP contribution >= 0.6 is 45.3 Å². The van der Waals surface area contributed by atoms with Crippen LogP contribution in [0.3, 0.4) is 0 Å². The molecule has 4 nitrogen and oxygen atoms in total. The van der Waals surface area contributed by atoms with Crippen molar-refractivity contribution >= 4 is 81.6 Å². The van der Waals surface area contributed by atoms with Gasteiger partial charge in [-0.1, -0.05) is 134 Å². The third-order valence-electron chi connectivity index (χ3n) is 11.6. The van der Waals surface area contributed by atoms with Crippen LogP contribution in [0, 0.1) is 23.6 Å². The van der Waals surface area contributed by atoms with Crippen LogP contribution in [0.4, 0.5) is 4.39 Å². The van der Waals surface area contributed by atoms with Crippen molar-refractivity contribution in [3.05, 3.63) is 32.6 Å². The van der Waals surface area contributed by atoms with Gasteiger partial charge in [-0.2, -0.15) is 0 Å². The van der Waals surface area contributed by atoms with E-state index in [4.69, 9.17) is 14.2 Å². The zero-order valence-corrected chi connectivity index (χ0v) is 40.0. The zero-order valence-electron chi connectivity index (χ0n) is 36.7. The van der Waals surface area contributed by atoms with Gasteiger partial charge in [0.05, 0.1) is 38.8 Å². The van der Waals surface area contributed by atoms with Gasteiger partial charge in [0.2, 0.25) is 0 Å². The first-order valence-corrected chi connectivity index (χ1v) is 25.3. The highest BCUT2D eigenvalue weighted by Crippen LogP contribution is 2.55. The maximum absolute atomic E-state index is 16.5. The van der Waals surface area contributed by atoms with E-state index in [0.717, 1.165) is 102 Å². The molecule has 5 aromatic rings. The van der Waals surface area contributed by atoms with Gasteiger partial charge in [-0.3, -0.25) is 0 Å². The van der Waals surface area contributed by atoms with Gasteiger partial charge in [0.25, 0.3) is 0 Å². The molecule has 1 aromatic carbocycles. The number of carbonyl (C=O) groups excluding carboxylic acids is 1. The molecule has 57 heavy (non-hydrogen) atoms. The lowest BCUT2D eigenvalue weighted by molar-refractivity contribution is 0.0429. The number of esters is 1. The Morgan fingerprint density at radius 1 is 0.684 bits per heavy atom. The number of thiophene rings is 4. The lowest BCUT2D eigenvalue weighted by Crippen LogP contribution is -2.14. The van der Waals surface area contributed by atoms with Crippen molar-refractivity contribution < 1.29 is 23.4 Å². The van der Waals surface area contributed by atoms with Crippen LogP contribution in [0.25, 0.3) is 40.0 Å². The Morgan fingerprint density at radius 3 is 1.68 bits per heavy atom. The van der Waals surface area contributed by atoms with Crippen LogP contribution in [0.2, 0.25) is 0 Å². The number of carbonyl (C=O) groups is 1. The Labute approximate surface area is 358 Å². The highest BCUT2D eigenvalue weighted by molar-refractivity contribution is 7.31. The molecule has 0 aliphatic rings. The van der Waals surface area contributed by atoms with E-state index in [1.54, 1.807) is 22.7 Å². The van der Waals surface area contributed by atoms with Gasteiger partial charge in [-0.25, -0.2) is 9.18 Å². The summed E-state index contributed by atoms with van der Waals surface area (Å²) < 4.78 is 39.5. The van der Waals surface area contributed by atoms with Crippen molar-refractivity contribution in [1.82, 2.24) is 0 Å². The lowest BCUT2D eigenvalue weighted by atomic mass is 9.94. The number of halogens is 1. The van der Waals surface area contributed by atoms with E-state index in [1.165, 1.54) is 41.9 Å². The summed E-state index contributed by atoms with van der Waals surface area (Å²) in [6.45, 7) is 26.1. The lowest BCUT2D eigenvalue weighted by Gasteiger charge is -2.19. The average molecular weight is 857 g/mol. The molecule has 316 valence electrons. The Kier molecular flexibility index (Phi) is 16.8. The van der Waals surface area contributed by atoms with E-state index in [1.807, 2.05) is 11.3 Å². The van der Waals surface area contributed by atoms with E-state index in [2.05, 4.69) is 88.3 Å². The second-order valence-corrected chi connectivity index (χ2v) is 21.7. The molecule has 0 spiro atoms. The number of rotatable bonds is 23. The van der Waals surface area contributed by atoms with Gasteiger partial charge in [0.15, 0.2) is 5.82 Å². The summed E-state index contributed by atoms with van der Waals surface area (Å²) in [4.78, 5) is 18.0. The minimum absolute atomic E-state index is 0.0259. The Bertz CT molecular complexity index is 1980. The van der Waals surface area contributed by atoms with E-state index >= 15 is 4.39 Å². The molecule has 0 fully saturated rings. The monoisotopic (exact) mass is 856 g/mol. The molecule has 0 saturated carbocycles. The van der Waals surface area contributed by atoms with Gasteiger partial charge >= 0.3 is 5.97 Å². The molecule has 0 radical (unpaired) electrons. The standard InChI is InChI=1S/C48H69FO4S4/c1-12-18-21-30(15-4)26-51-39-33-24-35(54-42(33)40(52-27-31(16-5)22-19-13-2)34-25-36(48(9,10)11)55-43(34)39)44-45-37(41(56-44)29(7)8)38(49)46(57-45)47(50)53-28-32(17-6)23-20-14-3/h24-25,29-32H,12-23,26-28H2,1-11H3. The molecule has 0 bridgehead atoms. The smallest absolute Gasteiger partial charge is 0.351 e. The highest BCUT2D eigenvalue weighted by atomic mass is 32.1. The third kappa shape index (κ3) is 10.6. The summed E-state index contributed by atoms with van der Waals surface area (Å²) in [6, 6.07) is 4.62. The minimum Gasteiger partial charge on any atom is -0.491 e. The van der Waals surface area contributed by atoms with Crippen LogP contribution in [0.5, 0.6) is 11.5 Å². The molecule has 0 N–H and O–H groups in total. The van der Waals surface area contributed by atoms with Crippen molar-refractivity contribution in [3.8, 4) is 21.3 Å². The van der Waals surface area contributed by atoms with Crippen molar-refractivity contribution in [2.75, 3.05) is 19.8 Å². The van der Waals surface area contributed by atoms with Gasteiger partial charge in [-0.05, 0) is 60.5 Å². The number of hydrogen-bond acceptors (Lipinski definition) is 8. The fourth-order valence-corrected chi connectivity index (χ4v) is 12.6. The van der Waals surface area contributed by atoms with Crippen LogP contribution in [-0.4, -0.2) is 25.8 Å². The maximum Gasteiger partial charge on any atom is 0.351 e. The van der Waals surface area contributed by atoms with E-state index in [-0.39, 0.29) is 16.2 Å². The molecule has 0 aliphatic heterocycles. The topological polar surface area (TPSA) is 44.8 Å². The largest absolute Gasteiger partial charge is 0.491 e. The van der Waals surface area contributed by atoms with Crippen molar-refractivity contribution in [2.24, 2.45) is 17.8 Å². The van der Waals surface area contributed by atoms with Crippen LogP contribution in [0.15, 0.2) is 12.1 Å². The summed E-state index contributed by atoms with van der Waals surface area (Å²) in [5.41, 5.74) is -0.0259. The van der Waals surface area contributed by atoms with Crippen molar-refractivity contribution in [1.29, 1.82) is 0 Å². The first kappa shape index (κ1) is 45.9. The Balaban J connectivity index is 1.69. The average Bonchev–Trinajstić information content (AvgIpc) is 3.98. The van der Waals surface area contributed by atoms with Crippen LogP contribution < -0.4 is 9.47 Å². The molecule has 3 unspecified atom stereocenters. The summed E-state index contributed by atoms with van der Waals surface area (Å²) in [6.07, 6.45) is 13.4. The molecule has 4 aromatic heterocycles. The molecule has 0 amide bonds. The minimum atomic E-state index is -0.547. The number of ether oxygens (including phenoxy) is 3. The van der Waals surface area contributed by atoms with E-state index in [9.17, 15) is 4.79 Å². The molecule has 0 saturated heterocycles. The summed E-state index contributed by atoms with van der Waals surface area (Å²) in [7, 11) is 0. The summed E-state index contributed by atoms with van der Waals surface area (Å²) >= 11 is 6.46. The second-order valence-electron chi connectivity index (χ2n) is 17.5. The number of fused-ring (bicyclic) bond motifs is 3. The number of unbranched alkanes of at least 4 members (excludes halogenated alkanes) is 3. The molecule has 4 heterocycles. The highest BCUT2D eigenvalue weighted by Gasteiger charge is 2.31.